The summed E-state index contributed by atoms with van der Waals surface area (Å²) in [5, 5.41) is 15.2. The molecule has 2 aliphatic heterocycles. The molecule has 2 aromatic heterocycles. The standard InChI is InChI=1S/C25H26N6O4S/c1-33-20-13-31(14-20)23(32)11-18-15-36-25(28-18)30-24-27-7-4-21(29-24)16-2-3-22(17(10-16)12-26)35-19-5-8-34-9-6-19/h2-4,7,10,15,19-20H,5-6,8-9,11,13-14H2,1H3,(H,27,28,29,30). The zero-order valence-electron chi connectivity index (χ0n) is 19.8. The van der Waals surface area contributed by atoms with E-state index < -0.39 is 0 Å². The Kier molecular flexibility index (Phi) is 7.36. The number of rotatable bonds is 8. The monoisotopic (exact) mass is 506 g/mol. The van der Waals surface area contributed by atoms with E-state index in [1.807, 2.05) is 17.5 Å². The molecule has 2 fully saturated rings. The van der Waals surface area contributed by atoms with E-state index in [0.717, 1.165) is 18.4 Å². The van der Waals surface area contributed by atoms with Crippen molar-refractivity contribution in [3.05, 3.63) is 47.1 Å². The van der Waals surface area contributed by atoms with Gasteiger partial charge in [0.2, 0.25) is 11.9 Å². The number of carbonyl (C=O) groups is 1. The predicted octanol–water partition coefficient (Wildman–Crippen LogP) is 3.17. The van der Waals surface area contributed by atoms with Crippen LogP contribution < -0.4 is 10.1 Å². The maximum absolute atomic E-state index is 12.4. The molecular formula is C25H26N6O4S. The second-order valence-electron chi connectivity index (χ2n) is 8.62. The van der Waals surface area contributed by atoms with E-state index in [-0.39, 0.29) is 24.5 Å². The quantitative estimate of drug-likeness (QED) is 0.491. The maximum Gasteiger partial charge on any atom is 0.229 e. The van der Waals surface area contributed by atoms with Crippen LogP contribution >= 0.6 is 11.3 Å². The second-order valence-corrected chi connectivity index (χ2v) is 9.48. The van der Waals surface area contributed by atoms with Crippen molar-refractivity contribution >= 4 is 28.3 Å². The largest absolute Gasteiger partial charge is 0.489 e. The molecule has 0 bridgehead atoms. The van der Waals surface area contributed by atoms with Crippen LogP contribution in [0.4, 0.5) is 11.1 Å². The Hall–Kier alpha value is -3.59. The molecule has 11 heteroatoms. The van der Waals surface area contributed by atoms with Gasteiger partial charge in [-0.15, -0.1) is 11.3 Å². The molecule has 0 radical (unpaired) electrons. The minimum Gasteiger partial charge on any atom is -0.489 e. The zero-order valence-corrected chi connectivity index (χ0v) is 20.7. The van der Waals surface area contributed by atoms with Gasteiger partial charge in [0.1, 0.15) is 17.9 Å². The van der Waals surface area contributed by atoms with Gasteiger partial charge in [0.25, 0.3) is 0 Å². The molecule has 0 aliphatic carbocycles. The lowest BCUT2D eigenvalue weighted by atomic mass is 10.1. The first kappa shape index (κ1) is 24.1. The van der Waals surface area contributed by atoms with Crippen molar-refractivity contribution in [3.63, 3.8) is 0 Å². The number of anilines is 2. The number of nitrogens with zero attached hydrogens (tertiary/aromatic N) is 5. The average molecular weight is 507 g/mol. The van der Waals surface area contributed by atoms with Gasteiger partial charge in [-0.2, -0.15) is 5.26 Å². The van der Waals surface area contributed by atoms with E-state index in [4.69, 9.17) is 14.2 Å². The molecule has 2 aliphatic rings. The summed E-state index contributed by atoms with van der Waals surface area (Å²) in [6.07, 6.45) is 3.70. The topological polar surface area (TPSA) is 122 Å². The van der Waals surface area contributed by atoms with E-state index in [1.54, 1.807) is 30.3 Å². The number of ether oxygens (including phenoxy) is 3. The third-order valence-corrected chi connectivity index (χ3v) is 6.96. The van der Waals surface area contributed by atoms with Crippen molar-refractivity contribution < 1.29 is 19.0 Å². The van der Waals surface area contributed by atoms with Crippen LogP contribution in [0.2, 0.25) is 0 Å². The number of amides is 1. The molecule has 36 heavy (non-hydrogen) atoms. The number of methoxy groups -OCH3 is 1. The van der Waals surface area contributed by atoms with Crippen LogP contribution in [-0.2, 0) is 20.7 Å². The van der Waals surface area contributed by atoms with Crippen LogP contribution in [0.5, 0.6) is 5.75 Å². The molecule has 1 N–H and O–H groups in total. The first-order valence-electron chi connectivity index (χ1n) is 11.7. The van der Waals surface area contributed by atoms with Crippen molar-refractivity contribution in [2.45, 2.75) is 31.5 Å². The highest BCUT2D eigenvalue weighted by atomic mass is 32.1. The Morgan fingerprint density at radius 3 is 2.86 bits per heavy atom. The number of nitrogens with one attached hydrogen (secondary N) is 1. The summed E-state index contributed by atoms with van der Waals surface area (Å²) in [6, 6.07) is 9.49. The van der Waals surface area contributed by atoms with E-state index in [2.05, 4.69) is 26.3 Å². The summed E-state index contributed by atoms with van der Waals surface area (Å²) in [4.78, 5) is 27.5. The van der Waals surface area contributed by atoms with Crippen molar-refractivity contribution in [1.29, 1.82) is 5.26 Å². The molecule has 0 spiro atoms. The van der Waals surface area contributed by atoms with E-state index in [0.29, 0.717) is 60.1 Å². The van der Waals surface area contributed by atoms with Gasteiger partial charge in [-0.25, -0.2) is 15.0 Å². The van der Waals surface area contributed by atoms with Crippen LogP contribution in [0, 0.1) is 11.3 Å². The minimum atomic E-state index is 0.0379. The van der Waals surface area contributed by atoms with Gasteiger partial charge in [-0.05, 0) is 24.3 Å². The minimum absolute atomic E-state index is 0.0379. The Balaban J connectivity index is 1.24. The zero-order chi connectivity index (χ0) is 24.9. The molecule has 1 aromatic carbocycles. The van der Waals surface area contributed by atoms with Crippen molar-refractivity contribution in [3.8, 4) is 23.1 Å². The molecule has 10 nitrogen and oxygen atoms in total. The van der Waals surface area contributed by atoms with E-state index in [1.165, 1.54) is 11.3 Å². The summed E-state index contributed by atoms with van der Waals surface area (Å²) in [5.41, 5.74) is 2.60. The Labute approximate surface area is 212 Å². The highest BCUT2D eigenvalue weighted by Gasteiger charge is 2.30. The van der Waals surface area contributed by atoms with Gasteiger partial charge >= 0.3 is 0 Å². The van der Waals surface area contributed by atoms with Gasteiger partial charge in [0.05, 0.1) is 42.7 Å². The normalized spacial score (nSPS) is 16.3. The molecule has 0 unspecified atom stereocenters. The first-order valence-corrected chi connectivity index (χ1v) is 12.6. The molecule has 5 rings (SSSR count). The van der Waals surface area contributed by atoms with E-state index in [9.17, 15) is 10.1 Å². The van der Waals surface area contributed by atoms with Gasteiger partial charge < -0.3 is 24.4 Å². The summed E-state index contributed by atoms with van der Waals surface area (Å²) in [5.74, 6) is 0.990. The number of benzene rings is 1. The molecule has 0 saturated carbocycles. The number of carbonyl (C=O) groups excluding carboxylic acids is 1. The Morgan fingerprint density at radius 1 is 1.25 bits per heavy atom. The molecule has 0 atom stereocenters. The number of likely N-dealkylation sites (tertiary alicyclic amines) is 1. The smallest absolute Gasteiger partial charge is 0.229 e. The van der Waals surface area contributed by atoms with Gasteiger partial charge in [-0.1, -0.05) is 0 Å². The third-order valence-electron chi connectivity index (χ3n) is 6.15. The third kappa shape index (κ3) is 5.62. The maximum atomic E-state index is 12.4. The fourth-order valence-corrected chi connectivity index (χ4v) is 4.74. The lowest BCUT2D eigenvalue weighted by Crippen LogP contribution is -2.54. The van der Waals surface area contributed by atoms with Crippen molar-refractivity contribution in [2.75, 3.05) is 38.7 Å². The number of hydrogen-bond donors (Lipinski definition) is 1. The van der Waals surface area contributed by atoms with Crippen LogP contribution in [0.15, 0.2) is 35.8 Å². The number of thiazole rings is 1. The Bertz CT molecular complexity index is 1260. The summed E-state index contributed by atoms with van der Waals surface area (Å²) < 4.78 is 16.6. The van der Waals surface area contributed by atoms with Gasteiger partial charge in [0, 0.05) is 50.2 Å². The number of hydrogen-bond acceptors (Lipinski definition) is 10. The highest BCUT2D eigenvalue weighted by molar-refractivity contribution is 7.13. The van der Waals surface area contributed by atoms with Crippen LogP contribution in [-0.4, -0.2) is 71.4 Å². The van der Waals surface area contributed by atoms with Crippen LogP contribution in [0.25, 0.3) is 11.3 Å². The predicted molar refractivity (Wildman–Crippen MR) is 133 cm³/mol. The Morgan fingerprint density at radius 2 is 2.08 bits per heavy atom. The fourth-order valence-electron chi connectivity index (χ4n) is 4.03. The number of aromatic nitrogens is 3. The van der Waals surface area contributed by atoms with Crippen LogP contribution in [0.1, 0.15) is 24.1 Å². The highest BCUT2D eigenvalue weighted by Crippen LogP contribution is 2.28. The second kappa shape index (κ2) is 11.0. The lowest BCUT2D eigenvalue weighted by molar-refractivity contribution is -0.142. The lowest BCUT2D eigenvalue weighted by Gasteiger charge is -2.38. The van der Waals surface area contributed by atoms with Crippen molar-refractivity contribution in [1.82, 2.24) is 19.9 Å². The first-order chi connectivity index (χ1) is 17.6. The SMILES string of the molecule is COC1CN(C(=O)Cc2csc(Nc3nccc(-c4ccc(OC5CCOCC5)c(C#N)c4)n3)n2)C1. The molecule has 4 heterocycles. The average Bonchev–Trinajstić information content (AvgIpc) is 3.31. The fraction of sp³-hybridized carbons (Fsp3) is 0.400. The van der Waals surface area contributed by atoms with Gasteiger partial charge in [0.15, 0.2) is 5.13 Å². The molecule has 3 aromatic rings. The summed E-state index contributed by atoms with van der Waals surface area (Å²) in [6.45, 7) is 2.60. The molecule has 186 valence electrons. The van der Waals surface area contributed by atoms with E-state index >= 15 is 0 Å². The molecular weight excluding hydrogens is 480 g/mol. The summed E-state index contributed by atoms with van der Waals surface area (Å²) >= 11 is 1.39. The van der Waals surface area contributed by atoms with Crippen LogP contribution in [0.3, 0.4) is 0 Å². The van der Waals surface area contributed by atoms with Gasteiger partial charge in [-0.3, -0.25) is 4.79 Å². The number of nitriles is 1. The molecule has 2 saturated heterocycles. The van der Waals surface area contributed by atoms with Crippen molar-refractivity contribution in [2.24, 2.45) is 0 Å². The molecule has 1 amide bonds. The summed E-state index contributed by atoms with van der Waals surface area (Å²) in [7, 11) is 1.65.